The van der Waals surface area contributed by atoms with Crippen molar-refractivity contribution in [2.45, 2.75) is 6.42 Å². The number of ketones is 1. The molecule has 0 spiro atoms. The Bertz CT molecular complexity index is 243. The average Bonchev–Trinajstić information content (AvgIpc) is 2.15. The minimum absolute atomic E-state index is 0.0565. The molecule has 1 radical (unpaired) electrons. The first-order valence-electron chi connectivity index (χ1n) is 3.97. The second-order valence-corrected chi connectivity index (χ2v) is 2.51. The molecule has 0 aliphatic carbocycles. The van der Waals surface area contributed by atoms with Crippen LogP contribution in [0.4, 0.5) is 0 Å². The van der Waals surface area contributed by atoms with Crippen LogP contribution in [0.1, 0.15) is 16.8 Å². The van der Waals surface area contributed by atoms with Crippen LogP contribution in [-0.2, 0) is 0 Å². The molecule has 1 rings (SSSR count). The lowest BCUT2D eigenvalue weighted by atomic mass is 10.1. The van der Waals surface area contributed by atoms with Gasteiger partial charge in [-0.25, -0.2) is 0 Å². The van der Waals surface area contributed by atoms with Gasteiger partial charge >= 0.3 is 0 Å². The summed E-state index contributed by atoms with van der Waals surface area (Å²) in [6, 6.07) is 9.19. The average molecular weight is 162 g/mol. The molecule has 2 nitrogen and oxygen atoms in total. The molecule has 0 amide bonds. The molecular formula is C10H12NO. The van der Waals surface area contributed by atoms with Crippen LogP contribution in [0.3, 0.4) is 0 Å². The fourth-order valence-corrected chi connectivity index (χ4v) is 0.935. The van der Waals surface area contributed by atoms with E-state index in [1.54, 1.807) is 18.6 Å². The molecule has 0 atom stereocenters. The Hall–Kier alpha value is -1.15. The Morgan fingerprint density at radius 3 is 2.58 bits per heavy atom. The van der Waals surface area contributed by atoms with Crippen LogP contribution < -0.4 is 5.73 Å². The molecule has 0 aromatic heterocycles. The van der Waals surface area contributed by atoms with Crippen molar-refractivity contribution in [3.05, 3.63) is 42.3 Å². The molecule has 1 aromatic carbocycles. The van der Waals surface area contributed by atoms with Crippen LogP contribution in [-0.4, -0.2) is 12.3 Å². The number of carbonyl (C=O) groups is 1. The van der Waals surface area contributed by atoms with E-state index in [-0.39, 0.29) is 5.78 Å². The predicted octanol–water partition coefficient (Wildman–Crippen LogP) is 1.42. The number of carbonyl (C=O) groups excluding carboxylic acids is 1. The normalized spacial score (nSPS) is 9.75. The Labute approximate surface area is 72.4 Å². The van der Waals surface area contributed by atoms with Crippen LogP contribution in [0.15, 0.2) is 30.3 Å². The van der Waals surface area contributed by atoms with Gasteiger partial charge in [-0.05, 0) is 13.0 Å². The van der Waals surface area contributed by atoms with E-state index in [1.165, 1.54) is 0 Å². The van der Waals surface area contributed by atoms with Gasteiger partial charge in [0.25, 0.3) is 0 Å². The largest absolute Gasteiger partial charge is 0.330 e. The maximum atomic E-state index is 11.3. The third-order valence-electron chi connectivity index (χ3n) is 1.55. The first-order valence-corrected chi connectivity index (χ1v) is 3.97. The van der Waals surface area contributed by atoms with Gasteiger partial charge in [-0.2, -0.15) is 0 Å². The zero-order valence-electron chi connectivity index (χ0n) is 6.86. The van der Waals surface area contributed by atoms with Gasteiger partial charge in [-0.15, -0.1) is 0 Å². The highest BCUT2D eigenvalue weighted by Crippen LogP contribution is 2.02. The first kappa shape index (κ1) is 8.94. The molecule has 63 valence electrons. The third kappa shape index (κ3) is 2.47. The van der Waals surface area contributed by atoms with E-state index < -0.39 is 0 Å². The second-order valence-electron chi connectivity index (χ2n) is 2.51. The van der Waals surface area contributed by atoms with E-state index in [4.69, 9.17) is 5.73 Å². The standard InChI is InChI=1S/C10H12NO/c11-8-4-7-10(12)9-5-2-1-3-6-9/h1-3,5-7H,4,8,11H2. The van der Waals surface area contributed by atoms with Crippen molar-refractivity contribution >= 4 is 5.78 Å². The van der Waals surface area contributed by atoms with Crippen LogP contribution in [0.2, 0.25) is 0 Å². The highest BCUT2D eigenvalue weighted by Gasteiger charge is 2.02. The number of hydrogen-bond acceptors (Lipinski definition) is 2. The van der Waals surface area contributed by atoms with Crippen LogP contribution in [0, 0.1) is 6.42 Å². The zero-order chi connectivity index (χ0) is 8.81. The van der Waals surface area contributed by atoms with E-state index >= 15 is 0 Å². The van der Waals surface area contributed by atoms with E-state index in [0.29, 0.717) is 13.0 Å². The van der Waals surface area contributed by atoms with Crippen molar-refractivity contribution in [2.75, 3.05) is 6.54 Å². The van der Waals surface area contributed by atoms with Crippen molar-refractivity contribution in [1.29, 1.82) is 0 Å². The molecule has 0 fully saturated rings. The van der Waals surface area contributed by atoms with E-state index in [1.807, 2.05) is 18.2 Å². The summed E-state index contributed by atoms with van der Waals surface area (Å²) in [5.41, 5.74) is 6.00. The van der Waals surface area contributed by atoms with E-state index in [2.05, 4.69) is 0 Å². The highest BCUT2D eigenvalue weighted by atomic mass is 16.1. The molecule has 0 saturated carbocycles. The number of hydrogen-bond donors (Lipinski definition) is 1. The summed E-state index contributed by atoms with van der Waals surface area (Å²) in [6.45, 7) is 0.526. The Morgan fingerprint density at radius 1 is 1.33 bits per heavy atom. The predicted molar refractivity (Wildman–Crippen MR) is 48.7 cm³/mol. The van der Waals surface area contributed by atoms with Gasteiger partial charge in [0, 0.05) is 12.0 Å². The third-order valence-corrected chi connectivity index (χ3v) is 1.55. The van der Waals surface area contributed by atoms with Crippen molar-refractivity contribution in [3.63, 3.8) is 0 Å². The fourth-order valence-electron chi connectivity index (χ4n) is 0.935. The molecule has 12 heavy (non-hydrogen) atoms. The molecular weight excluding hydrogens is 150 g/mol. The maximum Gasteiger partial charge on any atom is 0.166 e. The zero-order valence-corrected chi connectivity index (χ0v) is 6.86. The summed E-state index contributed by atoms with van der Waals surface area (Å²) < 4.78 is 0. The smallest absolute Gasteiger partial charge is 0.166 e. The molecule has 0 saturated heterocycles. The lowest BCUT2D eigenvalue weighted by Crippen LogP contribution is -2.05. The van der Waals surface area contributed by atoms with Gasteiger partial charge in [-0.3, -0.25) is 4.79 Å². The van der Waals surface area contributed by atoms with Crippen molar-refractivity contribution in [3.8, 4) is 0 Å². The number of benzene rings is 1. The van der Waals surface area contributed by atoms with Crippen LogP contribution in [0.5, 0.6) is 0 Å². The Balaban J connectivity index is 2.54. The molecule has 2 N–H and O–H groups in total. The minimum atomic E-state index is 0.0565. The monoisotopic (exact) mass is 162 g/mol. The van der Waals surface area contributed by atoms with Gasteiger partial charge in [0.2, 0.25) is 0 Å². The van der Waals surface area contributed by atoms with Gasteiger partial charge in [0.05, 0.1) is 0 Å². The summed E-state index contributed by atoms with van der Waals surface area (Å²) in [5, 5.41) is 0. The molecule has 1 aromatic rings. The molecule has 0 heterocycles. The van der Waals surface area contributed by atoms with Gasteiger partial charge in [0.15, 0.2) is 5.78 Å². The molecule has 0 bridgehead atoms. The first-order chi connectivity index (χ1) is 5.84. The lowest BCUT2D eigenvalue weighted by molar-refractivity contribution is 0.102. The molecule has 0 aliphatic rings. The SMILES string of the molecule is NCC[CH]C(=O)c1ccccc1. The van der Waals surface area contributed by atoms with E-state index in [9.17, 15) is 4.79 Å². The summed E-state index contributed by atoms with van der Waals surface area (Å²) in [7, 11) is 0. The molecule has 0 unspecified atom stereocenters. The Kier molecular flexibility index (Phi) is 3.48. The van der Waals surface area contributed by atoms with Gasteiger partial charge in [-0.1, -0.05) is 30.3 Å². The van der Waals surface area contributed by atoms with Crippen molar-refractivity contribution < 1.29 is 4.79 Å². The highest BCUT2D eigenvalue weighted by molar-refractivity contribution is 6.02. The summed E-state index contributed by atoms with van der Waals surface area (Å²) in [4.78, 5) is 11.3. The van der Waals surface area contributed by atoms with Crippen LogP contribution >= 0.6 is 0 Å². The second kappa shape index (κ2) is 4.67. The quantitative estimate of drug-likeness (QED) is 0.680. The van der Waals surface area contributed by atoms with Crippen molar-refractivity contribution in [1.82, 2.24) is 0 Å². The number of rotatable bonds is 4. The maximum absolute atomic E-state index is 11.3. The van der Waals surface area contributed by atoms with Crippen molar-refractivity contribution in [2.24, 2.45) is 5.73 Å². The minimum Gasteiger partial charge on any atom is -0.330 e. The summed E-state index contributed by atoms with van der Waals surface area (Å²) >= 11 is 0. The summed E-state index contributed by atoms with van der Waals surface area (Å²) in [5.74, 6) is 0.0565. The van der Waals surface area contributed by atoms with E-state index in [0.717, 1.165) is 5.56 Å². The van der Waals surface area contributed by atoms with Gasteiger partial charge in [0.1, 0.15) is 0 Å². The summed E-state index contributed by atoms with van der Waals surface area (Å²) in [6.07, 6.45) is 2.27. The molecule has 2 heteroatoms. The Morgan fingerprint density at radius 2 is 2.00 bits per heavy atom. The topological polar surface area (TPSA) is 43.1 Å². The number of Topliss-reactive ketones (excluding diaryl/α,β-unsaturated/α-hetero) is 1. The van der Waals surface area contributed by atoms with Crippen LogP contribution in [0.25, 0.3) is 0 Å². The van der Waals surface area contributed by atoms with Gasteiger partial charge < -0.3 is 5.73 Å². The fraction of sp³-hybridized carbons (Fsp3) is 0.200. The number of nitrogens with two attached hydrogens (primary N) is 1. The lowest BCUT2D eigenvalue weighted by Gasteiger charge is -1.97. The molecule has 0 aliphatic heterocycles.